The Labute approximate surface area is 166 Å². The molecule has 27 heavy (non-hydrogen) atoms. The Balaban J connectivity index is 1.77. The SMILES string of the molecule is C=CC[C@H]1O[C@]2(CC[C@@H]1C)CC[C@](CCCC)([C@@H]1COC(CC)(CC)O1)O2. The lowest BCUT2D eigenvalue weighted by atomic mass is 9.86. The normalized spacial score (nSPS) is 41.3. The Hall–Kier alpha value is -0.420. The number of unbranched alkanes of at least 4 members (excludes halogenated alkanes) is 1. The van der Waals surface area contributed by atoms with E-state index in [-0.39, 0.29) is 17.8 Å². The third-order valence-electron chi connectivity index (χ3n) is 7.17. The third-order valence-corrected chi connectivity index (χ3v) is 7.17. The van der Waals surface area contributed by atoms with Gasteiger partial charge < -0.3 is 18.9 Å². The lowest BCUT2D eigenvalue weighted by Crippen LogP contribution is -2.50. The quantitative estimate of drug-likeness (QED) is 0.503. The van der Waals surface area contributed by atoms with E-state index in [9.17, 15) is 0 Å². The molecule has 0 bridgehead atoms. The summed E-state index contributed by atoms with van der Waals surface area (Å²) >= 11 is 0. The van der Waals surface area contributed by atoms with Gasteiger partial charge in [-0.15, -0.1) is 6.58 Å². The fourth-order valence-corrected chi connectivity index (χ4v) is 5.14. The molecular weight excluding hydrogens is 340 g/mol. The lowest BCUT2D eigenvalue weighted by Gasteiger charge is -2.44. The van der Waals surface area contributed by atoms with E-state index in [0.717, 1.165) is 64.2 Å². The molecule has 0 amide bonds. The summed E-state index contributed by atoms with van der Waals surface area (Å²) in [6.45, 7) is 13.4. The van der Waals surface area contributed by atoms with Gasteiger partial charge in [0.15, 0.2) is 11.6 Å². The van der Waals surface area contributed by atoms with E-state index in [1.165, 1.54) is 0 Å². The van der Waals surface area contributed by atoms with Gasteiger partial charge in [-0.3, -0.25) is 0 Å². The molecule has 4 heteroatoms. The predicted octanol–water partition coefficient (Wildman–Crippen LogP) is 5.75. The summed E-state index contributed by atoms with van der Waals surface area (Å²) in [6.07, 6.45) is 12.3. The fraction of sp³-hybridized carbons (Fsp3) is 0.913. The van der Waals surface area contributed by atoms with E-state index in [1.54, 1.807) is 0 Å². The summed E-state index contributed by atoms with van der Waals surface area (Å²) in [6, 6.07) is 0. The van der Waals surface area contributed by atoms with Crippen molar-refractivity contribution >= 4 is 0 Å². The van der Waals surface area contributed by atoms with Crippen LogP contribution < -0.4 is 0 Å². The fourth-order valence-electron chi connectivity index (χ4n) is 5.14. The van der Waals surface area contributed by atoms with Crippen molar-refractivity contribution in [1.29, 1.82) is 0 Å². The van der Waals surface area contributed by atoms with Crippen LogP contribution in [0.3, 0.4) is 0 Å². The molecule has 3 aliphatic rings. The van der Waals surface area contributed by atoms with Crippen LogP contribution in [-0.2, 0) is 18.9 Å². The molecule has 0 N–H and O–H groups in total. The summed E-state index contributed by atoms with van der Waals surface area (Å²) in [5.74, 6) is -0.321. The van der Waals surface area contributed by atoms with Gasteiger partial charge in [0.1, 0.15) is 11.7 Å². The number of hydrogen-bond donors (Lipinski definition) is 0. The van der Waals surface area contributed by atoms with E-state index in [1.807, 2.05) is 6.08 Å². The first kappa shape index (κ1) is 21.3. The van der Waals surface area contributed by atoms with Crippen LogP contribution in [0.5, 0.6) is 0 Å². The highest BCUT2D eigenvalue weighted by atomic mass is 16.8. The van der Waals surface area contributed by atoms with E-state index in [2.05, 4.69) is 34.3 Å². The molecule has 156 valence electrons. The van der Waals surface area contributed by atoms with Crippen molar-refractivity contribution in [1.82, 2.24) is 0 Å². The largest absolute Gasteiger partial charge is 0.347 e. The summed E-state index contributed by atoms with van der Waals surface area (Å²) < 4.78 is 26.2. The molecule has 0 aromatic rings. The Morgan fingerprint density at radius 2 is 1.85 bits per heavy atom. The van der Waals surface area contributed by atoms with Crippen molar-refractivity contribution in [3.8, 4) is 0 Å². The van der Waals surface area contributed by atoms with E-state index >= 15 is 0 Å². The van der Waals surface area contributed by atoms with Crippen molar-refractivity contribution in [3.63, 3.8) is 0 Å². The summed E-state index contributed by atoms with van der Waals surface area (Å²) in [5, 5.41) is 0. The highest BCUT2D eigenvalue weighted by molar-refractivity contribution is 5.02. The van der Waals surface area contributed by atoms with Crippen molar-refractivity contribution in [3.05, 3.63) is 12.7 Å². The van der Waals surface area contributed by atoms with E-state index < -0.39 is 11.6 Å². The molecule has 0 aromatic carbocycles. The number of rotatable bonds is 8. The highest BCUT2D eigenvalue weighted by Crippen LogP contribution is 2.52. The van der Waals surface area contributed by atoms with Crippen LogP contribution in [0.4, 0.5) is 0 Å². The minimum Gasteiger partial charge on any atom is -0.347 e. The van der Waals surface area contributed by atoms with Crippen LogP contribution in [-0.4, -0.2) is 36.0 Å². The van der Waals surface area contributed by atoms with E-state index in [4.69, 9.17) is 18.9 Å². The topological polar surface area (TPSA) is 36.9 Å². The van der Waals surface area contributed by atoms with Gasteiger partial charge in [-0.1, -0.05) is 46.6 Å². The first-order valence-corrected chi connectivity index (χ1v) is 11.3. The zero-order valence-corrected chi connectivity index (χ0v) is 17.9. The average Bonchev–Trinajstić information content (AvgIpc) is 3.28. The van der Waals surface area contributed by atoms with Gasteiger partial charge in [-0.05, 0) is 44.4 Å². The highest BCUT2D eigenvalue weighted by Gasteiger charge is 2.59. The molecule has 3 heterocycles. The minimum absolute atomic E-state index is 0.00382. The maximum absolute atomic E-state index is 6.91. The first-order valence-electron chi connectivity index (χ1n) is 11.3. The van der Waals surface area contributed by atoms with Crippen molar-refractivity contribution in [2.24, 2.45) is 5.92 Å². The molecule has 3 aliphatic heterocycles. The van der Waals surface area contributed by atoms with Gasteiger partial charge in [0, 0.05) is 12.8 Å². The van der Waals surface area contributed by atoms with Gasteiger partial charge in [0.25, 0.3) is 0 Å². The van der Waals surface area contributed by atoms with Crippen LogP contribution in [0.15, 0.2) is 12.7 Å². The Morgan fingerprint density at radius 3 is 2.48 bits per heavy atom. The van der Waals surface area contributed by atoms with Gasteiger partial charge in [-0.2, -0.15) is 0 Å². The Kier molecular flexibility index (Phi) is 6.72. The molecular formula is C23H40O4. The van der Waals surface area contributed by atoms with Gasteiger partial charge in [0.2, 0.25) is 0 Å². The Morgan fingerprint density at radius 1 is 1.07 bits per heavy atom. The molecule has 0 saturated carbocycles. The molecule has 0 aliphatic carbocycles. The monoisotopic (exact) mass is 380 g/mol. The maximum Gasteiger partial charge on any atom is 0.169 e. The molecule has 0 radical (unpaired) electrons. The number of hydrogen-bond acceptors (Lipinski definition) is 4. The predicted molar refractivity (Wildman–Crippen MR) is 108 cm³/mol. The number of ether oxygens (including phenoxy) is 4. The van der Waals surface area contributed by atoms with Crippen LogP contribution >= 0.6 is 0 Å². The standard InChI is InChI=1S/C23H40O4/c1-6-10-13-21(20-17-24-22(8-3,9-4)26-20)15-16-23(27-21)14-12-18(5)19(25-23)11-7-2/h7,18-20H,2,6,8-17H2,1,3-5H3/t18-,19+,20-,21+,23-/m0/s1. The molecule has 0 unspecified atom stereocenters. The third kappa shape index (κ3) is 4.14. The Bertz CT molecular complexity index is 503. The van der Waals surface area contributed by atoms with Crippen LogP contribution in [0.2, 0.25) is 0 Å². The van der Waals surface area contributed by atoms with Gasteiger partial charge in [-0.25, -0.2) is 0 Å². The second kappa shape index (κ2) is 8.52. The molecule has 3 saturated heterocycles. The lowest BCUT2D eigenvalue weighted by molar-refractivity contribution is -0.314. The zero-order chi connectivity index (χ0) is 19.5. The van der Waals surface area contributed by atoms with Crippen LogP contribution in [0.25, 0.3) is 0 Å². The zero-order valence-electron chi connectivity index (χ0n) is 17.9. The smallest absolute Gasteiger partial charge is 0.169 e. The van der Waals surface area contributed by atoms with Crippen molar-refractivity contribution in [2.45, 2.75) is 121 Å². The van der Waals surface area contributed by atoms with Gasteiger partial charge >= 0.3 is 0 Å². The molecule has 0 aromatic heterocycles. The van der Waals surface area contributed by atoms with E-state index in [0.29, 0.717) is 12.5 Å². The van der Waals surface area contributed by atoms with Crippen LogP contribution in [0, 0.1) is 5.92 Å². The second-order valence-corrected chi connectivity index (χ2v) is 8.91. The second-order valence-electron chi connectivity index (χ2n) is 8.91. The molecule has 4 nitrogen and oxygen atoms in total. The molecule has 5 atom stereocenters. The maximum atomic E-state index is 6.91. The molecule has 3 rings (SSSR count). The minimum atomic E-state index is -0.443. The molecule has 1 spiro atoms. The van der Waals surface area contributed by atoms with Gasteiger partial charge in [0.05, 0.1) is 12.7 Å². The summed E-state index contributed by atoms with van der Waals surface area (Å²) in [7, 11) is 0. The summed E-state index contributed by atoms with van der Waals surface area (Å²) in [4.78, 5) is 0. The van der Waals surface area contributed by atoms with Crippen molar-refractivity contribution in [2.75, 3.05) is 6.61 Å². The summed E-state index contributed by atoms with van der Waals surface area (Å²) in [5.41, 5.74) is -0.276. The first-order chi connectivity index (χ1) is 13.0. The van der Waals surface area contributed by atoms with Crippen molar-refractivity contribution < 1.29 is 18.9 Å². The van der Waals surface area contributed by atoms with Crippen LogP contribution in [0.1, 0.15) is 91.9 Å². The average molecular weight is 381 g/mol. The molecule has 3 fully saturated rings.